The molecule has 0 aliphatic heterocycles. The monoisotopic (exact) mass is 271 g/mol. The molecule has 4 heteroatoms. The van der Waals surface area contributed by atoms with Gasteiger partial charge in [0, 0.05) is 0 Å². The molecule has 0 aliphatic carbocycles. The number of amides is 1. The van der Waals surface area contributed by atoms with Crippen molar-refractivity contribution in [3.63, 3.8) is 0 Å². The summed E-state index contributed by atoms with van der Waals surface area (Å²) in [6.45, 7) is 2.28. The van der Waals surface area contributed by atoms with Gasteiger partial charge in [0.2, 0.25) is 0 Å². The fraction of sp³-hybridized carbons (Fsp3) is 0.188. The molecule has 0 unspecified atom stereocenters. The fourth-order valence-electron chi connectivity index (χ4n) is 1.71. The van der Waals surface area contributed by atoms with Crippen molar-refractivity contribution in [2.45, 2.75) is 13.5 Å². The topological polar surface area (TPSA) is 38.8 Å². The summed E-state index contributed by atoms with van der Waals surface area (Å²) in [6, 6.07) is 17.1. The number of hydrogen-bond donors (Lipinski definition) is 0. The predicted octanol–water partition coefficient (Wildman–Crippen LogP) is 3.70. The van der Waals surface area contributed by atoms with Crippen LogP contribution in [0.15, 0.2) is 54.6 Å². The Kier molecular flexibility index (Phi) is 4.74. The van der Waals surface area contributed by atoms with E-state index in [9.17, 15) is 4.79 Å². The van der Waals surface area contributed by atoms with Crippen LogP contribution in [0.1, 0.15) is 11.1 Å². The van der Waals surface area contributed by atoms with Crippen LogP contribution in [-0.4, -0.2) is 13.2 Å². The second kappa shape index (κ2) is 6.73. The first kappa shape index (κ1) is 14.1. The molecule has 2 aromatic rings. The number of anilines is 1. The summed E-state index contributed by atoms with van der Waals surface area (Å²) in [6.07, 6.45) is -0.551. The molecule has 1 amide bonds. The summed E-state index contributed by atoms with van der Waals surface area (Å²) < 4.78 is 4.75. The number of carbonyl (C=O) groups excluding carboxylic acids is 1. The molecule has 2 aromatic carbocycles. The Morgan fingerprint density at radius 1 is 1.05 bits per heavy atom. The summed E-state index contributed by atoms with van der Waals surface area (Å²) in [7, 11) is 1.33. The summed E-state index contributed by atoms with van der Waals surface area (Å²) in [4.78, 5) is 17.4. The third-order valence-corrected chi connectivity index (χ3v) is 2.81. The number of aryl methyl sites for hydroxylation is 1. The van der Waals surface area contributed by atoms with Crippen molar-refractivity contribution in [3.8, 4) is 0 Å². The molecule has 0 saturated carbocycles. The third-order valence-electron chi connectivity index (χ3n) is 2.81. The molecule has 0 N–H and O–H groups in total. The zero-order chi connectivity index (χ0) is 14.4. The zero-order valence-electron chi connectivity index (χ0n) is 11.6. The lowest BCUT2D eigenvalue weighted by Crippen LogP contribution is -2.30. The van der Waals surface area contributed by atoms with Crippen molar-refractivity contribution in [3.05, 3.63) is 65.7 Å². The molecule has 0 heterocycles. The van der Waals surface area contributed by atoms with Crippen molar-refractivity contribution < 1.29 is 14.4 Å². The quantitative estimate of drug-likeness (QED) is 0.796. The number of hydrogen-bond acceptors (Lipinski definition) is 3. The van der Waals surface area contributed by atoms with Crippen LogP contribution in [-0.2, 0) is 16.2 Å². The Labute approximate surface area is 118 Å². The number of rotatable bonds is 4. The Hall–Kier alpha value is -2.33. The van der Waals surface area contributed by atoms with E-state index in [2.05, 4.69) is 0 Å². The summed E-state index contributed by atoms with van der Waals surface area (Å²) in [5, 5.41) is 1.16. The first-order valence-electron chi connectivity index (χ1n) is 6.32. The lowest BCUT2D eigenvalue weighted by atomic mass is 10.2. The van der Waals surface area contributed by atoms with E-state index in [1.54, 1.807) is 0 Å². The van der Waals surface area contributed by atoms with Gasteiger partial charge in [0.05, 0.1) is 12.8 Å². The van der Waals surface area contributed by atoms with E-state index in [0.29, 0.717) is 12.3 Å². The van der Waals surface area contributed by atoms with E-state index >= 15 is 0 Å². The molecule has 0 spiro atoms. The van der Waals surface area contributed by atoms with Crippen molar-refractivity contribution in [1.29, 1.82) is 0 Å². The van der Waals surface area contributed by atoms with Gasteiger partial charge in [-0.3, -0.25) is 4.84 Å². The van der Waals surface area contributed by atoms with Crippen molar-refractivity contribution in [2.24, 2.45) is 0 Å². The molecule has 2 rings (SSSR count). The maximum absolute atomic E-state index is 11.8. The number of methoxy groups -OCH3 is 1. The maximum Gasteiger partial charge on any atom is 0.438 e. The average Bonchev–Trinajstić information content (AvgIpc) is 2.50. The minimum Gasteiger partial charge on any atom is -0.451 e. The Bertz CT molecular complexity index is 552. The second-order valence-corrected chi connectivity index (χ2v) is 4.36. The Morgan fingerprint density at radius 3 is 2.30 bits per heavy atom. The van der Waals surface area contributed by atoms with Crippen LogP contribution in [0.25, 0.3) is 0 Å². The molecule has 4 nitrogen and oxygen atoms in total. The largest absolute Gasteiger partial charge is 0.451 e. The first-order valence-corrected chi connectivity index (χ1v) is 6.32. The Balaban J connectivity index is 2.12. The molecule has 0 atom stereocenters. The lowest BCUT2D eigenvalue weighted by Gasteiger charge is -2.20. The second-order valence-electron chi connectivity index (χ2n) is 4.36. The van der Waals surface area contributed by atoms with E-state index in [1.807, 2.05) is 61.5 Å². The highest BCUT2D eigenvalue weighted by Crippen LogP contribution is 2.17. The van der Waals surface area contributed by atoms with Crippen LogP contribution in [0.3, 0.4) is 0 Å². The zero-order valence-corrected chi connectivity index (χ0v) is 11.6. The average molecular weight is 271 g/mol. The molecule has 0 fully saturated rings. The van der Waals surface area contributed by atoms with Crippen LogP contribution in [0.4, 0.5) is 10.5 Å². The van der Waals surface area contributed by atoms with Crippen molar-refractivity contribution in [1.82, 2.24) is 0 Å². The highest BCUT2D eigenvalue weighted by atomic mass is 16.7. The van der Waals surface area contributed by atoms with Gasteiger partial charge in [-0.1, -0.05) is 48.0 Å². The van der Waals surface area contributed by atoms with Crippen molar-refractivity contribution >= 4 is 11.8 Å². The number of hydroxylamine groups is 1. The number of carbonyl (C=O) groups is 1. The van der Waals surface area contributed by atoms with Crippen LogP contribution < -0.4 is 5.06 Å². The molecular weight excluding hydrogens is 254 g/mol. The van der Waals surface area contributed by atoms with Gasteiger partial charge >= 0.3 is 6.09 Å². The molecule has 0 radical (unpaired) electrons. The molecule has 20 heavy (non-hydrogen) atoms. The standard InChI is InChI=1S/C16H17NO3/c1-13-8-10-15(11-9-13)17(16(18)19-2)20-12-14-6-4-3-5-7-14/h3-11H,12H2,1-2H3. The van der Waals surface area contributed by atoms with E-state index in [4.69, 9.17) is 9.57 Å². The van der Waals surface area contributed by atoms with Gasteiger partial charge in [0.25, 0.3) is 0 Å². The fourth-order valence-corrected chi connectivity index (χ4v) is 1.71. The van der Waals surface area contributed by atoms with Crippen LogP contribution in [0, 0.1) is 6.92 Å². The highest BCUT2D eigenvalue weighted by molar-refractivity contribution is 5.85. The van der Waals surface area contributed by atoms with Crippen LogP contribution in [0.5, 0.6) is 0 Å². The van der Waals surface area contributed by atoms with Gasteiger partial charge in [0.1, 0.15) is 6.61 Å². The van der Waals surface area contributed by atoms with Gasteiger partial charge in [-0.2, -0.15) is 5.06 Å². The number of benzene rings is 2. The van der Waals surface area contributed by atoms with E-state index in [0.717, 1.165) is 16.2 Å². The summed E-state index contributed by atoms with van der Waals surface area (Å²) in [5.41, 5.74) is 2.73. The molecule has 0 aliphatic rings. The van der Waals surface area contributed by atoms with Gasteiger partial charge < -0.3 is 4.74 Å². The first-order chi connectivity index (χ1) is 9.70. The number of nitrogens with zero attached hydrogens (tertiary/aromatic N) is 1. The molecular formula is C16H17NO3. The minimum absolute atomic E-state index is 0.295. The van der Waals surface area contributed by atoms with E-state index in [1.165, 1.54) is 7.11 Å². The molecule has 104 valence electrons. The summed E-state index contributed by atoms with van der Waals surface area (Å²) in [5.74, 6) is 0. The predicted molar refractivity (Wildman–Crippen MR) is 77.3 cm³/mol. The van der Waals surface area contributed by atoms with Crippen LogP contribution >= 0.6 is 0 Å². The molecule has 0 bridgehead atoms. The van der Waals surface area contributed by atoms with Gasteiger partial charge in [-0.05, 0) is 24.6 Å². The lowest BCUT2D eigenvalue weighted by molar-refractivity contribution is 0.0764. The smallest absolute Gasteiger partial charge is 0.438 e. The van der Waals surface area contributed by atoms with Crippen LogP contribution in [0.2, 0.25) is 0 Å². The molecule has 0 saturated heterocycles. The SMILES string of the molecule is COC(=O)N(OCc1ccccc1)c1ccc(C)cc1. The van der Waals surface area contributed by atoms with Gasteiger partial charge in [0.15, 0.2) is 0 Å². The van der Waals surface area contributed by atoms with Gasteiger partial charge in [-0.25, -0.2) is 4.79 Å². The molecule has 0 aromatic heterocycles. The Morgan fingerprint density at radius 2 is 1.70 bits per heavy atom. The third kappa shape index (κ3) is 3.59. The van der Waals surface area contributed by atoms with E-state index in [-0.39, 0.29) is 0 Å². The minimum atomic E-state index is -0.551. The highest BCUT2D eigenvalue weighted by Gasteiger charge is 2.17. The van der Waals surface area contributed by atoms with E-state index < -0.39 is 6.09 Å². The van der Waals surface area contributed by atoms with Crippen molar-refractivity contribution in [2.75, 3.05) is 12.2 Å². The number of ether oxygens (including phenoxy) is 1. The maximum atomic E-state index is 11.8. The van der Waals surface area contributed by atoms with Gasteiger partial charge in [-0.15, -0.1) is 0 Å². The normalized spacial score (nSPS) is 10.1. The summed E-state index contributed by atoms with van der Waals surface area (Å²) >= 11 is 0.